The van der Waals surface area contributed by atoms with Gasteiger partial charge >= 0.3 is 5.97 Å². The third-order valence-corrected chi connectivity index (χ3v) is 6.09. The predicted molar refractivity (Wildman–Crippen MR) is 83.3 cm³/mol. The van der Waals surface area contributed by atoms with E-state index in [1.807, 2.05) is 6.92 Å². The van der Waals surface area contributed by atoms with Gasteiger partial charge in [-0.25, -0.2) is 4.79 Å². The summed E-state index contributed by atoms with van der Waals surface area (Å²) >= 11 is 0. The molecule has 4 rings (SSSR count). The Morgan fingerprint density at radius 3 is 2.25 bits per heavy atom. The maximum atomic E-state index is 12.9. The first kappa shape index (κ1) is 15.1. The molecule has 0 spiro atoms. The highest BCUT2D eigenvalue weighted by Gasteiger charge is 2.74. The summed E-state index contributed by atoms with van der Waals surface area (Å²) in [5.74, 6) is -2.68. The Bertz CT molecular complexity index is 813. The summed E-state index contributed by atoms with van der Waals surface area (Å²) in [4.78, 5) is 50.3. The Hall–Kier alpha value is -2.50. The lowest BCUT2D eigenvalue weighted by Crippen LogP contribution is -2.40. The second kappa shape index (κ2) is 4.32. The third-order valence-electron chi connectivity index (χ3n) is 6.09. The molecule has 2 bridgehead atoms. The molecule has 0 aromatic heterocycles. The molecule has 1 heterocycles. The van der Waals surface area contributed by atoms with Crippen LogP contribution in [0.5, 0.6) is 0 Å². The molecule has 2 aliphatic carbocycles. The maximum Gasteiger partial charge on any atom is 0.335 e. The summed E-state index contributed by atoms with van der Waals surface area (Å²) in [7, 11) is 0. The van der Waals surface area contributed by atoms with E-state index in [1.165, 1.54) is 24.3 Å². The number of carbonyl (C=O) groups is 4. The second-order valence-electron chi connectivity index (χ2n) is 7.67. The van der Waals surface area contributed by atoms with Gasteiger partial charge in [0.15, 0.2) is 0 Å². The fraction of sp³-hybridized carbons (Fsp3) is 0.444. The van der Waals surface area contributed by atoms with E-state index in [0.29, 0.717) is 18.5 Å². The lowest BCUT2D eigenvalue weighted by molar-refractivity contribution is -0.138. The first-order valence-electron chi connectivity index (χ1n) is 7.93. The van der Waals surface area contributed by atoms with Crippen molar-refractivity contribution >= 4 is 29.3 Å². The second-order valence-corrected chi connectivity index (χ2v) is 7.67. The van der Waals surface area contributed by atoms with Crippen LogP contribution in [0.15, 0.2) is 24.3 Å². The molecule has 2 saturated carbocycles. The van der Waals surface area contributed by atoms with Crippen molar-refractivity contribution in [3.8, 4) is 0 Å². The highest BCUT2D eigenvalue weighted by Crippen LogP contribution is 2.67. The standard InChI is InChI=1S/C18H17NO5/c1-17-7-11(20)18(2,8-17)13-12(17)14(21)19(15(13)22)10-5-3-9(4-6-10)16(23)24/h3-6,12-13H,7-8H2,1-2H3,(H,23,24)/t12-,13-,17+,18+/m1/s1. The first-order chi connectivity index (χ1) is 11.2. The smallest absolute Gasteiger partial charge is 0.335 e. The summed E-state index contributed by atoms with van der Waals surface area (Å²) in [5.41, 5.74) is -0.767. The molecule has 124 valence electrons. The number of fused-ring (bicyclic) bond motifs is 5. The Morgan fingerprint density at radius 2 is 1.67 bits per heavy atom. The topological polar surface area (TPSA) is 91.8 Å². The van der Waals surface area contributed by atoms with Crippen molar-refractivity contribution in [2.24, 2.45) is 22.7 Å². The number of aromatic carboxylic acids is 1. The van der Waals surface area contributed by atoms with E-state index in [1.54, 1.807) is 6.92 Å². The molecule has 1 aromatic carbocycles. The van der Waals surface area contributed by atoms with Gasteiger partial charge in [-0.3, -0.25) is 19.3 Å². The average Bonchev–Trinajstić information content (AvgIpc) is 3.01. The average molecular weight is 327 g/mol. The van der Waals surface area contributed by atoms with Gasteiger partial charge in [0.1, 0.15) is 5.78 Å². The Morgan fingerprint density at radius 1 is 1.08 bits per heavy atom. The molecule has 1 saturated heterocycles. The lowest BCUT2D eigenvalue weighted by atomic mass is 9.68. The first-order valence-corrected chi connectivity index (χ1v) is 7.93. The van der Waals surface area contributed by atoms with E-state index >= 15 is 0 Å². The lowest BCUT2D eigenvalue weighted by Gasteiger charge is -2.30. The Kier molecular flexibility index (Phi) is 2.71. The van der Waals surface area contributed by atoms with Gasteiger partial charge in [-0.1, -0.05) is 13.8 Å². The number of anilines is 1. The number of carbonyl (C=O) groups excluding carboxylic acids is 3. The zero-order valence-corrected chi connectivity index (χ0v) is 13.4. The Labute approximate surface area is 138 Å². The molecule has 0 unspecified atom stereocenters. The number of hydrogen-bond donors (Lipinski definition) is 1. The van der Waals surface area contributed by atoms with Crippen molar-refractivity contribution in [3.05, 3.63) is 29.8 Å². The van der Waals surface area contributed by atoms with Crippen molar-refractivity contribution < 1.29 is 24.3 Å². The minimum absolute atomic E-state index is 0.0653. The van der Waals surface area contributed by atoms with Crippen LogP contribution in [0.3, 0.4) is 0 Å². The largest absolute Gasteiger partial charge is 0.478 e. The summed E-state index contributed by atoms with van der Waals surface area (Å²) < 4.78 is 0. The predicted octanol–water partition coefficient (Wildman–Crippen LogP) is 1.88. The normalized spacial score (nSPS) is 37.2. The van der Waals surface area contributed by atoms with E-state index in [0.717, 1.165) is 4.90 Å². The molecule has 6 nitrogen and oxygen atoms in total. The molecule has 3 aliphatic rings. The zero-order valence-electron chi connectivity index (χ0n) is 13.4. The van der Waals surface area contributed by atoms with Crippen LogP contribution in [-0.4, -0.2) is 28.7 Å². The SMILES string of the molecule is C[C@]12CC(=O)[C@](C)(C1)[C@H]1C(=O)N(c3ccc(C(=O)O)cc3)C(=O)[C@@H]12. The molecule has 3 fully saturated rings. The summed E-state index contributed by atoms with van der Waals surface area (Å²) in [6, 6.07) is 5.68. The number of imide groups is 1. The minimum atomic E-state index is -1.07. The molecule has 1 aliphatic heterocycles. The van der Waals surface area contributed by atoms with Gasteiger partial charge in [0.2, 0.25) is 11.8 Å². The van der Waals surface area contributed by atoms with Gasteiger partial charge < -0.3 is 5.11 Å². The number of Topliss-reactive ketones (excluding diaryl/α,β-unsaturated/α-hetero) is 1. The van der Waals surface area contributed by atoms with Crippen LogP contribution in [0, 0.1) is 22.7 Å². The summed E-state index contributed by atoms with van der Waals surface area (Å²) in [6.45, 7) is 3.72. The van der Waals surface area contributed by atoms with Crippen molar-refractivity contribution in [1.82, 2.24) is 0 Å². The highest BCUT2D eigenvalue weighted by molar-refractivity contribution is 6.24. The number of carboxylic acids is 1. The van der Waals surface area contributed by atoms with E-state index in [-0.39, 0.29) is 23.2 Å². The number of rotatable bonds is 2. The van der Waals surface area contributed by atoms with Crippen LogP contribution < -0.4 is 4.90 Å². The maximum absolute atomic E-state index is 12.9. The van der Waals surface area contributed by atoms with Crippen molar-refractivity contribution in [2.45, 2.75) is 26.7 Å². The number of hydrogen-bond acceptors (Lipinski definition) is 4. The van der Waals surface area contributed by atoms with Gasteiger partial charge in [0, 0.05) is 11.8 Å². The molecule has 2 amide bonds. The van der Waals surface area contributed by atoms with Gasteiger partial charge in [-0.15, -0.1) is 0 Å². The molecular formula is C18H17NO5. The van der Waals surface area contributed by atoms with Crippen molar-refractivity contribution in [2.75, 3.05) is 4.90 Å². The van der Waals surface area contributed by atoms with Crippen LogP contribution in [-0.2, 0) is 14.4 Å². The fourth-order valence-corrected chi connectivity index (χ4v) is 5.09. The molecule has 4 atom stereocenters. The van der Waals surface area contributed by atoms with Crippen LogP contribution >= 0.6 is 0 Å². The monoisotopic (exact) mass is 327 g/mol. The van der Waals surface area contributed by atoms with E-state index < -0.39 is 28.6 Å². The fourth-order valence-electron chi connectivity index (χ4n) is 5.09. The summed E-state index contributed by atoms with van der Waals surface area (Å²) in [6.07, 6.45) is 0.924. The summed E-state index contributed by atoms with van der Waals surface area (Å²) in [5, 5.41) is 8.97. The number of amides is 2. The number of benzene rings is 1. The highest BCUT2D eigenvalue weighted by atomic mass is 16.4. The zero-order chi connectivity index (χ0) is 17.4. The van der Waals surface area contributed by atoms with Crippen LogP contribution in [0.2, 0.25) is 0 Å². The molecule has 24 heavy (non-hydrogen) atoms. The molecule has 6 heteroatoms. The van der Waals surface area contributed by atoms with Crippen LogP contribution in [0.1, 0.15) is 37.0 Å². The number of nitrogens with zero attached hydrogens (tertiary/aromatic N) is 1. The molecule has 1 aromatic rings. The van der Waals surface area contributed by atoms with Crippen molar-refractivity contribution in [3.63, 3.8) is 0 Å². The number of ketones is 1. The van der Waals surface area contributed by atoms with Crippen LogP contribution in [0.4, 0.5) is 5.69 Å². The molecular weight excluding hydrogens is 310 g/mol. The minimum Gasteiger partial charge on any atom is -0.478 e. The quantitative estimate of drug-likeness (QED) is 0.837. The van der Waals surface area contributed by atoms with Gasteiger partial charge in [-0.05, 0) is 36.1 Å². The van der Waals surface area contributed by atoms with Crippen LogP contribution in [0.25, 0.3) is 0 Å². The van der Waals surface area contributed by atoms with Gasteiger partial charge in [0.25, 0.3) is 0 Å². The number of carboxylic acid groups (broad SMARTS) is 1. The van der Waals surface area contributed by atoms with Gasteiger partial charge in [0.05, 0.1) is 23.1 Å². The third kappa shape index (κ3) is 1.60. The Balaban J connectivity index is 1.76. The molecule has 0 radical (unpaired) electrons. The van der Waals surface area contributed by atoms with E-state index in [9.17, 15) is 19.2 Å². The van der Waals surface area contributed by atoms with Gasteiger partial charge in [-0.2, -0.15) is 0 Å². The van der Waals surface area contributed by atoms with E-state index in [4.69, 9.17) is 5.11 Å². The van der Waals surface area contributed by atoms with Crippen molar-refractivity contribution in [1.29, 1.82) is 0 Å². The van der Waals surface area contributed by atoms with E-state index in [2.05, 4.69) is 0 Å². The molecule has 1 N–H and O–H groups in total.